The highest BCUT2D eigenvalue weighted by Crippen LogP contribution is 2.21. The Labute approximate surface area is 225 Å². The number of ether oxygens (including phenoxy) is 2. The van der Waals surface area contributed by atoms with Crippen molar-refractivity contribution in [2.45, 2.75) is 44.8 Å². The van der Waals surface area contributed by atoms with Gasteiger partial charge < -0.3 is 19.9 Å². The summed E-state index contributed by atoms with van der Waals surface area (Å²) >= 11 is 0. The van der Waals surface area contributed by atoms with Crippen molar-refractivity contribution >= 4 is 16.7 Å². The molecular weight excluding hydrogens is 474 g/mol. The summed E-state index contributed by atoms with van der Waals surface area (Å²) in [5, 5.41) is 16.3. The molecule has 0 fully saturated rings. The van der Waals surface area contributed by atoms with Crippen LogP contribution in [0, 0.1) is 0 Å². The second kappa shape index (κ2) is 12.7. The lowest BCUT2D eigenvalue weighted by Gasteiger charge is -2.28. The second-order valence-electron chi connectivity index (χ2n) is 10.4. The molecule has 198 valence electrons. The van der Waals surface area contributed by atoms with Crippen LogP contribution in [0.5, 0.6) is 5.75 Å². The second-order valence-corrected chi connectivity index (χ2v) is 10.4. The Morgan fingerprint density at radius 2 is 1.61 bits per heavy atom. The number of rotatable bonds is 10. The van der Waals surface area contributed by atoms with Gasteiger partial charge in [-0.15, -0.1) is 0 Å². The first-order chi connectivity index (χ1) is 18.3. The molecule has 6 rings (SSSR count). The van der Waals surface area contributed by atoms with Crippen LogP contribution in [0.2, 0.25) is 0 Å². The van der Waals surface area contributed by atoms with E-state index in [0.717, 1.165) is 12.0 Å². The van der Waals surface area contributed by atoms with E-state index in [0.29, 0.717) is 12.3 Å². The van der Waals surface area contributed by atoms with Gasteiger partial charge in [0.05, 0.1) is 13.5 Å². The van der Waals surface area contributed by atoms with Gasteiger partial charge in [0.25, 0.3) is 0 Å². The number of methoxy groups -OCH3 is 1. The van der Waals surface area contributed by atoms with Gasteiger partial charge in [-0.1, -0.05) is 84.9 Å². The number of esters is 1. The predicted molar refractivity (Wildman–Crippen MR) is 153 cm³/mol. The number of nitrogens with one attached hydrogen (secondary N) is 1. The van der Waals surface area contributed by atoms with E-state index in [4.69, 9.17) is 9.47 Å². The van der Waals surface area contributed by atoms with Crippen molar-refractivity contribution in [3.63, 3.8) is 0 Å². The first-order valence-corrected chi connectivity index (χ1v) is 13.1. The lowest BCUT2D eigenvalue weighted by Crippen LogP contribution is -2.46. The van der Waals surface area contributed by atoms with Gasteiger partial charge in [-0.25, -0.2) is 0 Å². The van der Waals surface area contributed by atoms with Gasteiger partial charge in [-0.05, 0) is 60.2 Å². The summed E-state index contributed by atoms with van der Waals surface area (Å²) in [6.45, 7) is 4.79. The van der Waals surface area contributed by atoms with Gasteiger partial charge in [0.1, 0.15) is 18.5 Å². The Morgan fingerprint density at radius 1 is 0.921 bits per heavy atom. The third-order valence-corrected chi connectivity index (χ3v) is 6.64. The summed E-state index contributed by atoms with van der Waals surface area (Å²) in [4.78, 5) is 11.6. The summed E-state index contributed by atoms with van der Waals surface area (Å²) in [5.74, 6) is 0.260. The van der Waals surface area contributed by atoms with Crippen molar-refractivity contribution < 1.29 is 19.4 Å². The van der Waals surface area contributed by atoms with Crippen molar-refractivity contribution in [3.8, 4) is 5.75 Å². The van der Waals surface area contributed by atoms with E-state index in [1.54, 1.807) is 6.07 Å². The highest BCUT2D eigenvalue weighted by atomic mass is 16.5. The number of aliphatic hydroxyl groups is 1. The quantitative estimate of drug-likeness (QED) is 0.243. The van der Waals surface area contributed by atoms with E-state index in [1.807, 2.05) is 24.3 Å². The molecule has 0 amide bonds. The highest BCUT2D eigenvalue weighted by Gasteiger charge is 2.20. The summed E-state index contributed by atoms with van der Waals surface area (Å²) in [5.41, 5.74) is 4.77. The van der Waals surface area contributed by atoms with Crippen LogP contribution in [-0.4, -0.2) is 43.0 Å². The molecule has 38 heavy (non-hydrogen) atoms. The number of β-amino-alcohol motifs (C(OH)–C–C–N with tert-alkyl or cyclic N) is 1. The van der Waals surface area contributed by atoms with Gasteiger partial charge in [-0.3, -0.25) is 4.79 Å². The Morgan fingerprint density at radius 3 is 2.26 bits per heavy atom. The number of hydrogen-bond donors (Lipinski definition) is 2. The molecular formula is C33H37NO4. The fraction of sp³-hybridized carbons (Fsp3) is 0.303. The van der Waals surface area contributed by atoms with Gasteiger partial charge in [0, 0.05) is 17.6 Å². The van der Waals surface area contributed by atoms with Crippen molar-refractivity contribution in [2.24, 2.45) is 0 Å². The van der Waals surface area contributed by atoms with Crippen LogP contribution in [-0.2, 0) is 28.8 Å². The van der Waals surface area contributed by atoms with Crippen LogP contribution in [0.15, 0.2) is 91.0 Å². The van der Waals surface area contributed by atoms with Gasteiger partial charge in [-0.2, -0.15) is 0 Å². The molecule has 4 aromatic rings. The average molecular weight is 512 g/mol. The highest BCUT2D eigenvalue weighted by molar-refractivity contribution is 5.83. The van der Waals surface area contributed by atoms with E-state index in [-0.39, 0.29) is 24.5 Å². The minimum atomic E-state index is -0.679. The topological polar surface area (TPSA) is 67.8 Å². The van der Waals surface area contributed by atoms with Crippen LogP contribution in [0.25, 0.3) is 10.8 Å². The Bertz CT molecular complexity index is 1340. The molecule has 2 aliphatic rings. The molecule has 5 heteroatoms. The fourth-order valence-electron chi connectivity index (χ4n) is 4.53. The molecule has 4 aromatic carbocycles. The number of carbonyl (C=O) groups excluding carboxylic acids is 1. The molecule has 2 aliphatic carbocycles. The lowest BCUT2D eigenvalue weighted by molar-refractivity contribution is -0.139. The van der Waals surface area contributed by atoms with E-state index < -0.39 is 6.10 Å². The summed E-state index contributed by atoms with van der Waals surface area (Å²) in [6, 6.07) is 30.8. The van der Waals surface area contributed by atoms with Gasteiger partial charge >= 0.3 is 5.97 Å². The van der Waals surface area contributed by atoms with Crippen LogP contribution in [0.3, 0.4) is 0 Å². The number of hydrogen-bond acceptors (Lipinski definition) is 5. The zero-order valence-electron chi connectivity index (χ0n) is 22.4. The molecule has 0 radical (unpaired) electrons. The number of benzene rings is 4. The standard InChI is InChI=1S/C26H31NO4.C7H6/c1-26(2,16-19-12-13-20-8-4-5-9-21(20)14-19)27-17-23(28)18-31-24-11-7-6-10-22(24)15-25(29)30-3;1-2-6-4-7(3-1)5-6/h4-14,23,27-28H,15-18H2,1-3H3;1-4H,5H2. The number of carbonyl (C=O) groups is 1. The molecule has 2 N–H and O–H groups in total. The zero-order valence-corrected chi connectivity index (χ0v) is 22.4. The van der Waals surface area contributed by atoms with E-state index >= 15 is 0 Å². The van der Waals surface area contributed by atoms with Crippen LogP contribution >= 0.6 is 0 Å². The van der Waals surface area contributed by atoms with Crippen LogP contribution in [0.4, 0.5) is 0 Å². The maximum absolute atomic E-state index is 11.6. The Hall–Kier alpha value is -3.67. The smallest absolute Gasteiger partial charge is 0.310 e. The molecule has 0 heterocycles. The molecule has 0 saturated carbocycles. The number of fused-ring (bicyclic) bond motifs is 3. The number of aliphatic hydroxyl groups excluding tert-OH is 1. The predicted octanol–water partition coefficient (Wildman–Crippen LogP) is 5.50. The maximum Gasteiger partial charge on any atom is 0.310 e. The molecule has 5 nitrogen and oxygen atoms in total. The summed E-state index contributed by atoms with van der Waals surface area (Å²) in [7, 11) is 1.36. The van der Waals surface area contributed by atoms with E-state index in [9.17, 15) is 9.90 Å². The van der Waals surface area contributed by atoms with Crippen molar-refractivity contribution in [3.05, 3.63) is 113 Å². The third-order valence-electron chi connectivity index (χ3n) is 6.64. The zero-order chi connectivity index (χ0) is 27.0. The average Bonchev–Trinajstić information content (AvgIpc) is 2.91. The molecule has 0 saturated heterocycles. The molecule has 0 aliphatic heterocycles. The van der Waals surface area contributed by atoms with Crippen LogP contribution in [0.1, 0.15) is 36.1 Å². The summed E-state index contributed by atoms with van der Waals surface area (Å²) < 4.78 is 10.5. The van der Waals surface area contributed by atoms with Gasteiger partial charge in [0.2, 0.25) is 0 Å². The van der Waals surface area contributed by atoms with Crippen molar-refractivity contribution in [2.75, 3.05) is 20.3 Å². The molecule has 1 atom stereocenters. The molecule has 2 bridgehead atoms. The fourth-order valence-corrected chi connectivity index (χ4v) is 4.53. The van der Waals surface area contributed by atoms with Crippen molar-refractivity contribution in [1.29, 1.82) is 0 Å². The normalized spacial score (nSPS) is 12.6. The van der Waals surface area contributed by atoms with Crippen LogP contribution < -0.4 is 10.1 Å². The Balaban J connectivity index is 0.000000408. The minimum Gasteiger partial charge on any atom is -0.491 e. The monoisotopic (exact) mass is 511 g/mol. The maximum atomic E-state index is 11.6. The van der Waals surface area contributed by atoms with E-state index in [1.165, 1.54) is 41.0 Å². The molecule has 0 aromatic heterocycles. The molecule has 0 spiro atoms. The first-order valence-electron chi connectivity index (χ1n) is 13.1. The first kappa shape index (κ1) is 27.4. The number of para-hydroxylation sites is 1. The van der Waals surface area contributed by atoms with Crippen molar-refractivity contribution in [1.82, 2.24) is 5.32 Å². The van der Waals surface area contributed by atoms with Gasteiger partial charge in [0.15, 0.2) is 0 Å². The Kier molecular flexibility index (Phi) is 9.16. The third kappa shape index (κ3) is 7.91. The molecule has 1 unspecified atom stereocenters. The minimum absolute atomic E-state index is 0.136. The SMILES string of the molecule is COC(=O)Cc1ccccc1OCC(O)CNC(C)(C)Cc1ccc2ccccc2c1.c1cc2cc(c1)C2. The van der Waals surface area contributed by atoms with E-state index in [2.05, 4.69) is 79.8 Å². The largest absolute Gasteiger partial charge is 0.491 e. The lowest BCUT2D eigenvalue weighted by atomic mass is 9.93. The summed E-state index contributed by atoms with van der Waals surface area (Å²) in [6.07, 6.45) is 1.52.